The number of hydrogen-bond donors (Lipinski definition) is 3. The van der Waals surface area contributed by atoms with Crippen LogP contribution in [0.15, 0.2) is 47.2 Å². The molecule has 7 heteroatoms. The highest BCUT2D eigenvalue weighted by Gasteiger charge is 2.29. The van der Waals surface area contributed by atoms with Crippen molar-refractivity contribution in [2.24, 2.45) is 11.8 Å². The average molecular weight is 471 g/mol. The summed E-state index contributed by atoms with van der Waals surface area (Å²) in [5.74, 6) is 0.410. The average Bonchev–Trinajstić information content (AvgIpc) is 2.82. The molecule has 1 heterocycles. The summed E-state index contributed by atoms with van der Waals surface area (Å²) in [5, 5.41) is 14.7. The third-order valence-corrected chi connectivity index (χ3v) is 6.83. The summed E-state index contributed by atoms with van der Waals surface area (Å²) in [4.78, 5) is 14.8. The summed E-state index contributed by atoms with van der Waals surface area (Å²) in [6.07, 6.45) is 12.9. The number of amides is 1. The molecule has 34 heavy (non-hydrogen) atoms. The van der Waals surface area contributed by atoms with Gasteiger partial charge in [-0.2, -0.15) is 0 Å². The monoisotopic (exact) mass is 470 g/mol. The fraction of sp³-hybridized carbons (Fsp3) is 0.630. The Hall–Kier alpha value is -2.22. The van der Waals surface area contributed by atoms with Gasteiger partial charge < -0.3 is 25.0 Å². The van der Waals surface area contributed by atoms with E-state index in [4.69, 9.17) is 14.9 Å². The first kappa shape index (κ1) is 26.4. The Morgan fingerprint density at radius 1 is 1.35 bits per heavy atom. The minimum absolute atomic E-state index is 0.0197. The van der Waals surface area contributed by atoms with E-state index in [9.17, 15) is 4.79 Å². The Labute approximate surface area is 204 Å². The molecule has 0 aromatic heterocycles. The molecule has 3 rings (SSSR count). The van der Waals surface area contributed by atoms with Gasteiger partial charge in [-0.15, -0.1) is 0 Å². The summed E-state index contributed by atoms with van der Waals surface area (Å²) >= 11 is 0. The Bertz CT molecular complexity index is 858. The van der Waals surface area contributed by atoms with Gasteiger partial charge in [0.15, 0.2) is 0 Å². The normalized spacial score (nSPS) is 27.1. The number of carbonyl (C=O) groups excluding carboxylic acids is 1. The fourth-order valence-electron chi connectivity index (χ4n) is 4.70. The van der Waals surface area contributed by atoms with Gasteiger partial charge in [-0.25, -0.2) is 0 Å². The highest BCUT2D eigenvalue weighted by molar-refractivity contribution is 6.42. The summed E-state index contributed by atoms with van der Waals surface area (Å²) in [7, 11) is 3.74. The van der Waals surface area contributed by atoms with Crippen LogP contribution in [0.1, 0.15) is 40.0 Å². The zero-order valence-electron chi connectivity index (χ0n) is 21.4. The summed E-state index contributed by atoms with van der Waals surface area (Å²) in [6, 6.07) is -0.0463. The maximum absolute atomic E-state index is 12.7. The molecular weight excluding hydrogens is 428 g/mol. The second-order valence-electron chi connectivity index (χ2n) is 10.1. The van der Waals surface area contributed by atoms with Crippen LogP contribution < -0.4 is 10.6 Å². The van der Waals surface area contributed by atoms with Crippen molar-refractivity contribution in [1.82, 2.24) is 15.5 Å². The highest BCUT2D eigenvalue weighted by atomic mass is 16.5. The van der Waals surface area contributed by atoms with Crippen molar-refractivity contribution in [2.45, 2.75) is 58.3 Å². The zero-order valence-corrected chi connectivity index (χ0v) is 21.4. The predicted molar refractivity (Wildman–Crippen MR) is 137 cm³/mol. The molecule has 0 aromatic rings. The van der Waals surface area contributed by atoms with Gasteiger partial charge in [0.05, 0.1) is 18.2 Å². The molecule has 2 aliphatic carbocycles. The van der Waals surface area contributed by atoms with Gasteiger partial charge in [-0.1, -0.05) is 43.7 Å². The number of hydrogen-bond acceptors (Lipinski definition) is 6. The number of rotatable bonds is 10. The van der Waals surface area contributed by atoms with Crippen LogP contribution in [0.2, 0.25) is 0 Å². The van der Waals surface area contributed by atoms with E-state index < -0.39 is 0 Å². The molecule has 188 valence electrons. The van der Waals surface area contributed by atoms with Gasteiger partial charge in [-0.05, 0) is 50.3 Å². The number of ether oxygens (including phenoxy) is 2. The smallest absolute Gasteiger partial charge is 0.269 e. The van der Waals surface area contributed by atoms with Crippen LogP contribution in [0.3, 0.4) is 0 Å². The number of nitrogens with zero attached hydrogens (tertiary/aromatic N) is 1. The lowest BCUT2D eigenvalue weighted by molar-refractivity contribution is -0.115. The fourth-order valence-corrected chi connectivity index (χ4v) is 4.70. The molecule has 0 saturated heterocycles. The Kier molecular flexibility index (Phi) is 9.68. The quantitative estimate of drug-likeness (QED) is 0.337. The second kappa shape index (κ2) is 12.5. The van der Waals surface area contributed by atoms with E-state index in [2.05, 4.69) is 47.6 Å². The van der Waals surface area contributed by atoms with Gasteiger partial charge >= 0.3 is 0 Å². The van der Waals surface area contributed by atoms with Crippen molar-refractivity contribution in [3.05, 3.63) is 47.2 Å². The number of nitrogens with one attached hydrogen (secondary N) is 3. The van der Waals surface area contributed by atoms with Gasteiger partial charge in [0.2, 0.25) is 0 Å². The van der Waals surface area contributed by atoms with E-state index in [0.29, 0.717) is 5.92 Å². The van der Waals surface area contributed by atoms with Crippen LogP contribution >= 0.6 is 0 Å². The molecule has 3 aliphatic rings. The van der Waals surface area contributed by atoms with E-state index in [0.717, 1.165) is 51.2 Å². The van der Waals surface area contributed by atoms with Crippen molar-refractivity contribution in [3.8, 4) is 0 Å². The highest BCUT2D eigenvalue weighted by Crippen LogP contribution is 2.26. The first-order valence-corrected chi connectivity index (χ1v) is 12.5. The molecule has 0 fully saturated rings. The van der Waals surface area contributed by atoms with Crippen LogP contribution in [-0.4, -0.2) is 75.2 Å². The molecule has 1 amide bonds. The van der Waals surface area contributed by atoms with E-state index in [1.54, 1.807) is 13.2 Å². The Balaban J connectivity index is 1.55. The van der Waals surface area contributed by atoms with Crippen molar-refractivity contribution in [2.75, 3.05) is 40.4 Å². The molecule has 4 atom stereocenters. The third-order valence-electron chi connectivity index (χ3n) is 6.83. The van der Waals surface area contributed by atoms with Crippen LogP contribution in [0.4, 0.5) is 0 Å². The lowest BCUT2D eigenvalue weighted by Gasteiger charge is -2.35. The maximum Gasteiger partial charge on any atom is 0.269 e. The molecule has 0 radical (unpaired) electrons. The Morgan fingerprint density at radius 3 is 2.88 bits per heavy atom. The van der Waals surface area contributed by atoms with Crippen LogP contribution in [0, 0.1) is 17.2 Å². The predicted octanol–water partition coefficient (Wildman–Crippen LogP) is 3.21. The van der Waals surface area contributed by atoms with Crippen molar-refractivity contribution >= 4 is 11.6 Å². The third kappa shape index (κ3) is 7.39. The molecule has 3 N–H and O–H groups in total. The largest absolute Gasteiger partial charge is 0.378 e. The van der Waals surface area contributed by atoms with E-state index in [1.807, 2.05) is 20.0 Å². The van der Waals surface area contributed by atoms with Gasteiger partial charge in [-0.3, -0.25) is 10.2 Å². The number of methoxy groups -OCH3 is 1. The SMILES string of the molecule is COC1C=CC(OCC(C)C)C(CN(C)/C(C)=C\C(=N)C(=O)NC2C=CC3=C(CCNC3)C2)C1. The molecule has 7 nitrogen and oxygen atoms in total. The van der Waals surface area contributed by atoms with Gasteiger partial charge in [0.25, 0.3) is 5.91 Å². The standard InChI is InChI=1S/C27H42N4O3/c1-18(2)17-34-26-9-8-24(33-5)14-22(26)16-31(4)19(3)12-25(28)27(32)30-23-7-6-21-15-29-11-10-20(21)13-23/h6-9,12,18,22-24,26,28-29H,10-11,13-17H2,1-5H3,(H,30,32)/b19-12-,28-25?. The minimum atomic E-state index is -0.335. The first-order valence-electron chi connectivity index (χ1n) is 12.5. The Morgan fingerprint density at radius 2 is 2.15 bits per heavy atom. The van der Waals surface area contributed by atoms with E-state index in [1.165, 1.54) is 11.1 Å². The van der Waals surface area contributed by atoms with Gasteiger partial charge in [0, 0.05) is 45.5 Å². The van der Waals surface area contributed by atoms with Crippen molar-refractivity contribution < 1.29 is 14.3 Å². The lowest BCUT2D eigenvalue weighted by Crippen LogP contribution is -2.40. The molecule has 1 aliphatic heterocycles. The summed E-state index contributed by atoms with van der Waals surface area (Å²) in [6.45, 7) is 9.63. The lowest BCUT2D eigenvalue weighted by atomic mass is 9.89. The molecule has 4 unspecified atom stereocenters. The molecule has 0 aromatic carbocycles. The molecular formula is C27H42N4O3. The van der Waals surface area contributed by atoms with E-state index >= 15 is 0 Å². The van der Waals surface area contributed by atoms with Crippen molar-refractivity contribution in [3.63, 3.8) is 0 Å². The number of carbonyl (C=O) groups is 1. The first-order chi connectivity index (χ1) is 16.3. The van der Waals surface area contributed by atoms with Crippen LogP contribution in [0.5, 0.6) is 0 Å². The molecule has 0 bridgehead atoms. The summed E-state index contributed by atoms with van der Waals surface area (Å²) < 4.78 is 11.7. The van der Waals surface area contributed by atoms with Crippen LogP contribution in [-0.2, 0) is 14.3 Å². The molecule has 0 saturated carbocycles. The topological polar surface area (TPSA) is 86.7 Å². The number of allylic oxidation sites excluding steroid dienone is 1. The second-order valence-corrected chi connectivity index (χ2v) is 10.1. The zero-order chi connectivity index (χ0) is 24.7. The maximum atomic E-state index is 12.7. The van der Waals surface area contributed by atoms with Gasteiger partial charge in [0.1, 0.15) is 5.71 Å². The molecule has 0 spiro atoms. The van der Waals surface area contributed by atoms with Crippen LogP contribution in [0.25, 0.3) is 0 Å². The van der Waals surface area contributed by atoms with E-state index in [-0.39, 0.29) is 35.8 Å². The minimum Gasteiger partial charge on any atom is -0.378 e. The van der Waals surface area contributed by atoms with Crippen molar-refractivity contribution in [1.29, 1.82) is 5.41 Å². The summed E-state index contributed by atoms with van der Waals surface area (Å²) in [5.41, 5.74) is 3.62.